The van der Waals surface area contributed by atoms with Gasteiger partial charge < -0.3 is 19.6 Å². The molecule has 4 aromatic rings. The lowest BCUT2D eigenvalue weighted by atomic mass is 10.1. The number of amides is 1. The molecule has 8 heteroatoms. The fourth-order valence-electron chi connectivity index (χ4n) is 3.68. The molecule has 2 N–H and O–H groups in total. The van der Waals surface area contributed by atoms with Crippen molar-refractivity contribution in [2.24, 2.45) is 0 Å². The second-order valence-electron chi connectivity index (χ2n) is 7.51. The first kappa shape index (κ1) is 19.9. The Balaban J connectivity index is 1.33. The van der Waals surface area contributed by atoms with Gasteiger partial charge >= 0.3 is 0 Å². The number of benzene rings is 1. The zero-order valence-corrected chi connectivity index (χ0v) is 17.2. The zero-order chi connectivity index (χ0) is 21.9. The standard InChI is InChI=1S/C24H21N5O3/c30-23-20-14-21(28-22(20)26-15-27-23)18-7-8-25-19(13-18)6-3-16-1-4-17(5-2-16)24(31)29-9-11-32-12-10-29/h1-8,13-15H,9-12H2,(H2,26,27,28,30). The van der Waals surface area contributed by atoms with Gasteiger partial charge in [0, 0.05) is 36.1 Å². The quantitative estimate of drug-likeness (QED) is 0.521. The van der Waals surface area contributed by atoms with Gasteiger partial charge in [0.2, 0.25) is 0 Å². The van der Waals surface area contributed by atoms with Crippen LogP contribution in [0.3, 0.4) is 0 Å². The third-order valence-corrected chi connectivity index (χ3v) is 5.43. The molecule has 1 saturated heterocycles. The first-order valence-corrected chi connectivity index (χ1v) is 10.4. The summed E-state index contributed by atoms with van der Waals surface area (Å²) in [5.41, 5.74) is 4.49. The molecular weight excluding hydrogens is 406 g/mol. The van der Waals surface area contributed by atoms with Crippen LogP contribution in [0.4, 0.5) is 0 Å². The topological polar surface area (TPSA) is 104 Å². The van der Waals surface area contributed by atoms with Gasteiger partial charge in [-0.3, -0.25) is 14.6 Å². The zero-order valence-electron chi connectivity index (χ0n) is 17.2. The van der Waals surface area contributed by atoms with Crippen molar-refractivity contribution in [1.82, 2.24) is 24.8 Å². The highest BCUT2D eigenvalue weighted by atomic mass is 16.5. The molecule has 1 amide bonds. The van der Waals surface area contributed by atoms with Crippen LogP contribution < -0.4 is 5.56 Å². The van der Waals surface area contributed by atoms with Crippen molar-refractivity contribution < 1.29 is 9.53 Å². The number of aromatic nitrogens is 4. The smallest absolute Gasteiger partial charge is 0.260 e. The minimum atomic E-state index is -0.178. The molecule has 0 unspecified atom stereocenters. The maximum absolute atomic E-state index is 12.6. The molecule has 3 aromatic heterocycles. The number of hydrogen-bond donors (Lipinski definition) is 2. The number of carbonyl (C=O) groups excluding carboxylic acids is 1. The second-order valence-corrected chi connectivity index (χ2v) is 7.51. The van der Waals surface area contributed by atoms with Gasteiger partial charge in [-0.1, -0.05) is 18.2 Å². The molecule has 32 heavy (non-hydrogen) atoms. The molecule has 1 aliphatic heterocycles. The van der Waals surface area contributed by atoms with E-state index >= 15 is 0 Å². The van der Waals surface area contributed by atoms with E-state index in [1.54, 1.807) is 12.3 Å². The van der Waals surface area contributed by atoms with E-state index < -0.39 is 0 Å². The second kappa shape index (κ2) is 8.60. The summed E-state index contributed by atoms with van der Waals surface area (Å²) < 4.78 is 5.31. The van der Waals surface area contributed by atoms with E-state index in [0.717, 1.165) is 22.5 Å². The van der Waals surface area contributed by atoms with Crippen LogP contribution in [-0.4, -0.2) is 57.0 Å². The maximum Gasteiger partial charge on any atom is 0.260 e. The van der Waals surface area contributed by atoms with Gasteiger partial charge in [0.1, 0.15) is 5.65 Å². The van der Waals surface area contributed by atoms with Crippen molar-refractivity contribution in [3.63, 3.8) is 0 Å². The SMILES string of the molecule is O=C(c1ccc(C=Cc2cc(-c3cc4c(=O)[nH]cnc4[nH]3)ccn2)cc1)N1CCOCC1. The molecular formula is C24H21N5O3. The minimum Gasteiger partial charge on any atom is -0.378 e. The van der Waals surface area contributed by atoms with Gasteiger partial charge in [-0.2, -0.15) is 0 Å². The van der Waals surface area contributed by atoms with Crippen LogP contribution in [0.15, 0.2) is 59.8 Å². The Hall–Kier alpha value is -4.04. The number of pyridine rings is 1. The molecule has 8 nitrogen and oxygen atoms in total. The Morgan fingerprint density at radius 1 is 1.03 bits per heavy atom. The average molecular weight is 427 g/mol. The molecule has 0 aliphatic carbocycles. The number of H-pyrrole nitrogens is 2. The van der Waals surface area contributed by atoms with E-state index in [9.17, 15) is 9.59 Å². The van der Waals surface area contributed by atoms with E-state index in [1.165, 1.54) is 6.33 Å². The van der Waals surface area contributed by atoms with Gasteiger partial charge in [-0.15, -0.1) is 0 Å². The summed E-state index contributed by atoms with van der Waals surface area (Å²) in [6.45, 7) is 2.43. The predicted molar refractivity (Wildman–Crippen MR) is 122 cm³/mol. The number of hydrogen-bond acceptors (Lipinski definition) is 5. The molecule has 5 rings (SSSR count). The summed E-state index contributed by atoms with van der Waals surface area (Å²) in [5.74, 6) is 0.0323. The van der Waals surface area contributed by atoms with E-state index in [4.69, 9.17) is 4.74 Å². The number of nitrogens with one attached hydrogen (secondary N) is 2. The maximum atomic E-state index is 12.6. The summed E-state index contributed by atoms with van der Waals surface area (Å²) in [6, 6.07) is 13.1. The lowest BCUT2D eigenvalue weighted by molar-refractivity contribution is 0.0303. The van der Waals surface area contributed by atoms with Gasteiger partial charge in [0.25, 0.3) is 11.5 Å². The van der Waals surface area contributed by atoms with E-state index in [2.05, 4.69) is 19.9 Å². The van der Waals surface area contributed by atoms with Crippen molar-refractivity contribution >= 4 is 29.1 Å². The molecule has 0 atom stereocenters. The largest absolute Gasteiger partial charge is 0.378 e. The van der Waals surface area contributed by atoms with Crippen LogP contribution >= 0.6 is 0 Å². The van der Waals surface area contributed by atoms with Crippen LogP contribution in [-0.2, 0) is 4.74 Å². The first-order valence-electron chi connectivity index (χ1n) is 10.4. The highest BCUT2D eigenvalue weighted by Gasteiger charge is 2.18. The Bertz CT molecular complexity index is 1350. The molecule has 0 spiro atoms. The fourth-order valence-corrected chi connectivity index (χ4v) is 3.68. The summed E-state index contributed by atoms with van der Waals surface area (Å²) in [6.07, 6.45) is 6.97. The van der Waals surface area contributed by atoms with Crippen molar-refractivity contribution in [2.45, 2.75) is 0 Å². The van der Waals surface area contributed by atoms with Crippen molar-refractivity contribution in [3.05, 3.63) is 82.2 Å². The first-order chi connectivity index (χ1) is 15.7. The summed E-state index contributed by atoms with van der Waals surface area (Å²) in [5, 5.41) is 0.517. The van der Waals surface area contributed by atoms with Crippen LogP contribution in [0.1, 0.15) is 21.6 Å². The van der Waals surface area contributed by atoms with Crippen LogP contribution in [0.5, 0.6) is 0 Å². The highest BCUT2D eigenvalue weighted by molar-refractivity contribution is 5.94. The number of morpholine rings is 1. The predicted octanol–water partition coefficient (Wildman–Crippen LogP) is 2.96. The number of nitrogens with zero attached hydrogens (tertiary/aromatic N) is 3. The van der Waals surface area contributed by atoms with Gasteiger partial charge in [-0.25, -0.2) is 4.98 Å². The van der Waals surface area contributed by atoms with Crippen LogP contribution in [0, 0.1) is 0 Å². The fraction of sp³-hybridized carbons (Fsp3) is 0.167. The Morgan fingerprint density at radius 2 is 1.84 bits per heavy atom. The Kier molecular flexibility index (Phi) is 5.35. The molecule has 1 aromatic carbocycles. The van der Waals surface area contributed by atoms with Gasteiger partial charge in [0.15, 0.2) is 0 Å². The lowest BCUT2D eigenvalue weighted by Crippen LogP contribution is -2.40. The van der Waals surface area contributed by atoms with E-state index in [-0.39, 0.29) is 11.5 Å². The average Bonchev–Trinajstić information content (AvgIpc) is 3.29. The normalized spacial score (nSPS) is 14.3. The Morgan fingerprint density at radius 3 is 2.62 bits per heavy atom. The minimum absolute atomic E-state index is 0.0323. The molecule has 0 bridgehead atoms. The number of fused-ring (bicyclic) bond motifs is 1. The molecule has 0 saturated carbocycles. The van der Waals surface area contributed by atoms with Crippen LogP contribution in [0.25, 0.3) is 34.4 Å². The number of rotatable bonds is 4. The van der Waals surface area contributed by atoms with Gasteiger partial charge in [-0.05, 0) is 42.0 Å². The third kappa shape index (κ3) is 4.08. The lowest BCUT2D eigenvalue weighted by Gasteiger charge is -2.26. The summed E-state index contributed by atoms with van der Waals surface area (Å²) >= 11 is 0. The molecule has 160 valence electrons. The number of ether oxygens (including phenoxy) is 1. The van der Waals surface area contributed by atoms with Crippen molar-refractivity contribution in [3.8, 4) is 11.3 Å². The Labute approximate surface area is 183 Å². The molecule has 1 aliphatic rings. The van der Waals surface area contributed by atoms with E-state index in [1.807, 2.05) is 53.5 Å². The monoisotopic (exact) mass is 427 g/mol. The number of carbonyl (C=O) groups is 1. The third-order valence-electron chi connectivity index (χ3n) is 5.43. The summed E-state index contributed by atoms with van der Waals surface area (Å²) in [7, 11) is 0. The van der Waals surface area contributed by atoms with E-state index in [0.29, 0.717) is 42.9 Å². The number of aromatic amines is 2. The van der Waals surface area contributed by atoms with Gasteiger partial charge in [0.05, 0.1) is 30.6 Å². The van der Waals surface area contributed by atoms with Crippen molar-refractivity contribution in [1.29, 1.82) is 0 Å². The highest BCUT2D eigenvalue weighted by Crippen LogP contribution is 2.22. The molecule has 4 heterocycles. The van der Waals surface area contributed by atoms with Crippen molar-refractivity contribution in [2.75, 3.05) is 26.3 Å². The molecule has 1 fully saturated rings. The molecule has 0 radical (unpaired) electrons. The summed E-state index contributed by atoms with van der Waals surface area (Å²) in [4.78, 5) is 40.6. The van der Waals surface area contributed by atoms with Crippen LogP contribution in [0.2, 0.25) is 0 Å².